The molecule has 0 aliphatic carbocycles. The highest BCUT2D eigenvalue weighted by atomic mass is 16.7. The molecule has 0 aromatic rings. The van der Waals surface area contributed by atoms with Crippen molar-refractivity contribution in [3.05, 3.63) is 12.7 Å². The van der Waals surface area contributed by atoms with Crippen LogP contribution in [0.25, 0.3) is 0 Å². The van der Waals surface area contributed by atoms with Gasteiger partial charge in [-0.15, -0.1) is 6.58 Å². The zero-order valence-electron chi connectivity index (χ0n) is 8.32. The van der Waals surface area contributed by atoms with Crippen molar-refractivity contribution in [2.75, 3.05) is 6.61 Å². The summed E-state index contributed by atoms with van der Waals surface area (Å²) in [7, 11) is 0. The molecule has 1 aliphatic rings. The fraction of sp³-hybridized carbons (Fsp3) is 0.800. The van der Waals surface area contributed by atoms with Gasteiger partial charge in [0, 0.05) is 0 Å². The van der Waals surface area contributed by atoms with E-state index in [1.807, 2.05) is 13.8 Å². The molecule has 0 saturated carbocycles. The summed E-state index contributed by atoms with van der Waals surface area (Å²) in [6.07, 6.45) is 2.74. The van der Waals surface area contributed by atoms with Gasteiger partial charge in [0.05, 0.1) is 18.8 Å². The summed E-state index contributed by atoms with van der Waals surface area (Å²) in [4.78, 5) is 0. The molecule has 76 valence electrons. The lowest BCUT2D eigenvalue weighted by molar-refractivity contribution is -0.139. The van der Waals surface area contributed by atoms with Crippen LogP contribution >= 0.6 is 0 Å². The number of aliphatic hydroxyl groups is 1. The van der Waals surface area contributed by atoms with E-state index in [-0.39, 0.29) is 6.10 Å². The molecule has 0 amide bonds. The molecular weight excluding hydrogens is 168 g/mol. The van der Waals surface area contributed by atoms with Gasteiger partial charge < -0.3 is 14.6 Å². The van der Waals surface area contributed by atoms with Crippen molar-refractivity contribution in [1.82, 2.24) is 0 Å². The zero-order chi connectivity index (χ0) is 9.90. The Labute approximate surface area is 79.3 Å². The van der Waals surface area contributed by atoms with Crippen LogP contribution in [0, 0.1) is 0 Å². The molecule has 0 bridgehead atoms. The van der Waals surface area contributed by atoms with Gasteiger partial charge in [-0.1, -0.05) is 6.08 Å². The number of hydrogen-bond donors (Lipinski definition) is 1. The van der Waals surface area contributed by atoms with Crippen LogP contribution in [0.5, 0.6) is 0 Å². The fourth-order valence-corrected chi connectivity index (χ4v) is 1.38. The first-order valence-corrected chi connectivity index (χ1v) is 4.66. The van der Waals surface area contributed by atoms with E-state index in [1.165, 1.54) is 0 Å². The lowest BCUT2D eigenvalue weighted by atomic mass is 10.1. The van der Waals surface area contributed by atoms with Gasteiger partial charge in [-0.05, 0) is 26.7 Å². The van der Waals surface area contributed by atoms with Gasteiger partial charge >= 0.3 is 0 Å². The van der Waals surface area contributed by atoms with Gasteiger partial charge in [0.2, 0.25) is 0 Å². The number of rotatable bonds is 4. The minimum absolute atomic E-state index is 0.115. The average Bonchev–Trinajstić information content (AvgIpc) is 2.41. The Balaban J connectivity index is 2.21. The fourth-order valence-electron chi connectivity index (χ4n) is 1.38. The van der Waals surface area contributed by atoms with Crippen molar-refractivity contribution in [2.24, 2.45) is 0 Å². The third-order valence-corrected chi connectivity index (χ3v) is 2.12. The van der Waals surface area contributed by atoms with Crippen LogP contribution in [0.3, 0.4) is 0 Å². The van der Waals surface area contributed by atoms with Gasteiger partial charge in [0.25, 0.3) is 0 Å². The van der Waals surface area contributed by atoms with Crippen LogP contribution in [0.4, 0.5) is 0 Å². The maximum Gasteiger partial charge on any atom is 0.163 e. The van der Waals surface area contributed by atoms with Gasteiger partial charge in [-0.25, -0.2) is 0 Å². The normalized spacial score (nSPS) is 28.7. The van der Waals surface area contributed by atoms with E-state index in [9.17, 15) is 5.11 Å². The molecule has 1 N–H and O–H groups in total. The van der Waals surface area contributed by atoms with Gasteiger partial charge in [-0.2, -0.15) is 0 Å². The van der Waals surface area contributed by atoms with Crippen LogP contribution < -0.4 is 0 Å². The van der Waals surface area contributed by atoms with Crippen molar-refractivity contribution < 1.29 is 14.6 Å². The number of ether oxygens (including phenoxy) is 2. The summed E-state index contributed by atoms with van der Waals surface area (Å²) in [5.74, 6) is -0.455. The molecule has 13 heavy (non-hydrogen) atoms. The average molecular weight is 186 g/mol. The smallest absolute Gasteiger partial charge is 0.163 e. The predicted octanol–water partition coefficient (Wildman–Crippen LogP) is 1.46. The molecule has 0 radical (unpaired) electrons. The first-order valence-electron chi connectivity index (χ1n) is 4.66. The van der Waals surface area contributed by atoms with E-state index in [4.69, 9.17) is 9.47 Å². The SMILES string of the molecule is C=C[C@H](O)CC[C@H]1COC(C)(C)O1. The molecule has 2 atom stereocenters. The molecule has 3 heteroatoms. The van der Waals surface area contributed by atoms with E-state index in [1.54, 1.807) is 6.08 Å². The van der Waals surface area contributed by atoms with E-state index >= 15 is 0 Å². The van der Waals surface area contributed by atoms with E-state index in [0.717, 1.165) is 6.42 Å². The van der Waals surface area contributed by atoms with Crippen LogP contribution in [0.1, 0.15) is 26.7 Å². The van der Waals surface area contributed by atoms with Crippen molar-refractivity contribution >= 4 is 0 Å². The van der Waals surface area contributed by atoms with Crippen molar-refractivity contribution in [3.8, 4) is 0 Å². The second-order valence-electron chi connectivity index (χ2n) is 3.83. The van der Waals surface area contributed by atoms with Gasteiger partial charge in [0.1, 0.15) is 0 Å². The monoisotopic (exact) mass is 186 g/mol. The predicted molar refractivity (Wildman–Crippen MR) is 50.3 cm³/mol. The van der Waals surface area contributed by atoms with E-state index in [2.05, 4.69) is 6.58 Å². The first-order chi connectivity index (χ1) is 6.03. The standard InChI is InChI=1S/C10H18O3/c1-4-8(11)5-6-9-7-12-10(2,3)13-9/h4,8-9,11H,1,5-7H2,2-3H3/t8-,9-/m0/s1. The van der Waals surface area contributed by atoms with E-state index < -0.39 is 11.9 Å². The molecule has 1 saturated heterocycles. The number of hydrogen-bond acceptors (Lipinski definition) is 3. The summed E-state index contributed by atoms with van der Waals surface area (Å²) < 4.78 is 11.0. The Morgan fingerprint density at radius 3 is 2.85 bits per heavy atom. The molecular formula is C10H18O3. The van der Waals surface area contributed by atoms with Crippen LogP contribution in [-0.2, 0) is 9.47 Å². The summed E-state index contributed by atoms with van der Waals surface area (Å²) in [5.41, 5.74) is 0. The molecule has 0 aromatic carbocycles. The van der Waals surface area contributed by atoms with E-state index in [0.29, 0.717) is 13.0 Å². The van der Waals surface area contributed by atoms with Gasteiger partial charge in [-0.3, -0.25) is 0 Å². The quantitative estimate of drug-likeness (QED) is 0.676. The van der Waals surface area contributed by atoms with Gasteiger partial charge in [0.15, 0.2) is 5.79 Å². The Hall–Kier alpha value is -0.380. The molecule has 1 aliphatic heterocycles. The topological polar surface area (TPSA) is 38.7 Å². The Morgan fingerprint density at radius 1 is 1.69 bits per heavy atom. The summed E-state index contributed by atoms with van der Waals surface area (Å²) in [6, 6.07) is 0. The maximum absolute atomic E-state index is 9.23. The minimum Gasteiger partial charge on any atom is -0.389 e. The second kappa shape index (κ2) is 4.22. The second-order valence-corrected chi connectivity index (χ2v) is 3.83. The third kappa shape index (κ3) is 3.46. The maximum atomic E-state index is 9.23. The van der Waals surface area contributed by atoms with Crippen molar-refractivity contribution in [3.63, 3.8) is 0 Å². The number of aliphatic hydroxyl groups excluding tert-OH is 1. The van der Waals surface area contributed by atoms with Crippen LogP contribution in [-0.4, -0.2) is 29.7 Å². The molecule has 1 fully saturated rings. The molecule has 0 spiro atoms. The lowest BCUT2D eigenvalue weighted by Gasteiger charge is -2.17. The summed E-state index contributed by atoms with van der Waals surface area (Å²) in [5, 5.41) is 9.23. The molecule has 3 nitrogen and oxygen atoms in total. The highest BCUT2D eigenvalue weighted by Crippen LogP contribution is 2.25. The molecule has 1 rings (SSSR count). The van der Waals surface area contributed by atoms with Crippen molar-refractivity contribution in [1.29, 1.82) is 0 Å². The van der Waals surface area contributed by atoms with Crippen LogP contribution in [0.15, 0.2) is 12.7 Å². The Morgan fingerprint density at radius 2 is 2.38 bits per heavy atom. The zero-order valence-corrected chi connectivity index (χ0v) is 8.32. The largest absolute Gasteiger partial charge is 0.389 e. The Kier molecular flexibility index (Phi) is 3.47. The summed E-state index contributed by atoms with van der Waals surface area (Å²) in [6.45, 7) is 7.93. The third-order valence-electron chi connectivity index (χ3n) is 2.12. The Bertz CT molecular complexity index is 177. The summed E-state index contributed by atoms with van der Waals surface area (Å²) >= 11 is 0. The highest BCUT2D eigenvalue weighted by molar-refractivity contribution is 4.80. The van der Waals surface area contributed by atoms with Crippen LogP contribution in [0.2, 0.25) is 0 Å². The molecule has 0 unspecified atom stereocenters. The highest BCUT2D eigenvalue weighted by Gasteiger charge is 2.32. The molecule has 1 heterocycles. The van der Waals surface area contributed by atoms with Crippen molar-refractivity contribution in [2.45, 2.75) is 44.7 Å². The molecule has 0 aromatic heterocycles. The first kappa shape index (κ1) is 10.7. The lowest BCUT2D eigenvalue weighted by Crippen LogP contribution is -2.22. The minimum atomic E-state index is -0.455.